The average molecular weight is 333 g/mol. The zero-order valence-electron chi connectivity index (χ0n) is 14.6. The summed E-state index contributed by atoms with van der Waals surface area (Å²) in [5, 5.41) is 0. The van der Waals surface area contributed by atoms with Crippen molar-refractivity contribution in [2.45, 2.75) is 44.9 Å². The first kappa shape index (κ1) is 18.2. The summed E-state index contributed by atoms with van der Waals surface area (Å²) < 4.78 is 18.7. The minimum atomic E-state index is -0.909. The van der Waals surface area contributed by atoms with Crippen LogP contribution in [0.4, 0.5) is 4.39 Å². The van der Waals surface area contributed by atoms with Crippen molar-refractivity contribution in [2.75, 3.05) is 13.6 Å². The molecule has 0 heterocycles. The van der Waals surface area contributed by atoms with E-state index in [0.29, 0.717) is 17.5 Å². The molecule has 130 valence electrons. The molecule has 24 heavy (non-hydrogen) atoms. The Morgan fingerprint density at radius 3 is 2.54 bits per heavy atom. The Morgan fingerprint density at radius 1 is 1.42 bits per heavy atom. The second-order valence-electron chi connectivity index (χ2n) is 7.16. The first-order valence-electron chi connectivity index (χ1n) is 8.00. The number of hydrogen-bond acceptors (Lipinski definition) is 3. The third-order valence-corrected chi connectivity index (χ3v) is 3.79. The monoisotopic (exact) mass is 333 g/mol. The lowest BCUT2D eigenvalue weighted by atomic mass is 9.99. The SMILES string of the molecule is C=Cc1ccc(C(=O)N(C)CC(=O)OC(C)(C)C)c([C@@H]2C[C@H]2F)c1. The standard InChI is InChI=1S/C19H24FNO3/c1-6-12-7-8-13(14(9-12)15-10-16(15)20)18(23)21(5)11-17(22)24-19(2,3)4/h6-9,15-16H,1,10-11H2,2-5H3/t15-,16+/m0/s1. The van der Waals surface area contributed by atoms with Crippen LogP contribution in [0.1, 0.15) is 54.6 Å². The topological polar surface area (TPSA) is 46.6 Å². The van der Waals surface area contributed by atoms with Crippen molar-refractivity contribution in [1.82, 2.24) is 4.90 Å². The van der Waals surface area contributed by atoms with Crippen molar-refractivity contribution < 1.29 is 18.7 Å². The first-order valence-corrected chi connectivity index (χ1v) is 8.00. The molecule has 0 spiro atoms. The van der Waals surface area contributed by atoms with Gasteiger partial charge in [0.1, 0.15) is 18.3 Å². The highest BCUT2D eigenvalue weighted by Crippen LogP contribution is 2.45. The van der Waals surface area contributed by atoms with Gasteiger partial charge in [-0.2, -0.15) is 0 Å². The minimum absolute atomic E-state index is 0.150. The fourth-order valence-corrected chi connectivity index (χ4v) is 2.54. The van der Waals surface area contributed by atoms with E-state index in [9.17, 15) is 14.0 Å². The Kier molecular flexibility index (Phi) is 5.11. The highest BCUT2D eigenvalue weighted by atomic mass is 19.1. The Morgan fingerprint density at radius 2 is 2.04 bits per heavy atom. The van der Waals surface area contributed by atoms with Crippen LogP contribution < -0.4 is 0 Å². The van der Waals surface area contributed by atoms with Crippen LogP contribution in [0.2, 0.25) is 0 Å². The molecule has 0 aromatic heterocycles. The number of esters is 1. The van der Waals surface area contributed by atoms with Gasteiger partial charge in [0.05, 0.1) is 0 Å². The van der Waals surface area contributed by atoms with Crippen LogP contribution in [0.15, 0.2) is 24.8 Å². The number of carbonyl (C=O) groups excluding carboxylic acids is 2. The van der Waals surface area contributed by atoms with Crippen LogP contribution in [-0.4, -0.2) is 42.1 Å². The summed E-state index contributed by atoms with van der Waals surface area (Å²) in [4.78, 5) is 25.9. The lowest BCUT2D eigenvalue weighted by Crippen LogP contribution is -2.36. The van der Waals surface area contributed by atoms with Gasteiger partial charge in [0, 0.05) is 18.5 Å². The van der Waals surface area contributed by atoms with Gasteiger partial charge in [-0.1, -0.05) is 24.8 Å². The van der Waals surface area contributed by atoms with Gasteiger partial charge >= 0.3 is 5.97 Å². The van der Waals surface area contributed by atoms with Crippen molar-refractivity contribution in [2.24, 2.45) is 0 Å². The maximum atomic E-state index is 13.5. The van der Waals surface area contributed by atoms with Crippen molar-refractivity contribution in [3.05, 3.63) is 41.5 Å². The maximum Gasteiger partial charge on any atom is 0.326 e. The summed E-state index contributed by atoms with van der Waals surface area (Å²) >= 11 is 0. The summed E-state index contributed by atoms with van der Waals surface area (Å²) in [7, 11) is 1.54. The van der Waals surface area contributed by atoms with Crippen LogP contribution in [0, 0.1) is 0 Å². The molecule has 0 N–H and O–H groups in total. The molecule has 2 rings (SSSR count). The third kappa shape index (κ3) is 4.43. The molecule has 5 heteroatoms. The number of likely N-dealkylation sites (N-methyl/N-ethyl adjacent to an activating group) is 1. The zero-order valence-corrected chi connectivity index (χ0v) is 14.6. The zero-order chi connectivity index (χ0) is 18.1. The molecule has 1 fully saturated rings. The van der Waals surface area contributed by atoms with E-state index < -0.39 is 17.7 Å². The third-order valence-electron chi connectivity index (χ3n) is 3.79. The molecule has 2 atom stereocenters. The molecule has 4 nitrogen and oxygen atoms in total. The normalized spacial score (nSPS) is 19.5. The van der Waals surface area contributed by atoms with E-state index in [1.165, 1.54) is 11.9 Å². The fourth-order valence-electron chi connectivity index (χ4n) is 2.54. The summed E-state index contributed by atoms with van der Waals surface area (Å²) in [5.41, 5.74) is 1.35. The van der Waals surface area contributed by atoms with Crippen molar-refractivity contribution >= 4 is 18.0 Å². The Labute approximate surface area is 142 Å². The van der Waals surface area contributed by atoms with Crippen LogP contribution in [-0.2, 0) is 9.53 Å². The number of halogens is 1. The summed E-state index contributed by atoms with van der Waals surface area (Å²) in [6.45, 7) is 8.87. The van der Waals surface area contributed by atoms with Gasteiger partial charge in [0.25, 0.3) is 5.91 Å². The lowest BCUT2D eigenvalue weighted by Gasteiger charge is -2.23. The Bertz CT molecular complexity index is 663. The highest BCUT2D eigenvalue weighted by molar-refractivity contribution is 5.97. The molecule has 0 radical (unpaired) electrons. The first-order chi connectivity index (χ1) is 11.1. The molecule has 1 aliphatic carbocycles. The van der Waals surface area contributed by atoms with Gasteiger partial charge in [-0.15, -0.1) is 0 Å². The predicted molar refractivity (Wildman–Crippen MR) is 91.6 cm³/mol. The molecular weight excluding hydrogens is 309 g/mol. The highest BCUT2D eigenvalue weighted by Gasteiger charge is 2.41. The summed E-state index contributed by atoms with van der Waals surface area (Å²) in [6, 6.07) is 5.23. The summed E-state index contributed by atoms with van der Waals surface area (Å²) in [5.74, 6) is -1.04. The molecule has 1 amide bonds. The van der Waals surface area contributed by atoms with Crippen molar-refractivity contribution in [3.8, 4) is 0 Å². The molecule has 1 saturated carbocycles. The molecule has 1 aliphatic rings. The lowest BCUT2D eigenvalue weighted by molar-refractivity contribution is -0.155. The smallest absolute Gasteiger partial charge is 0.326 e. The number of amides is 1. The molecule has 0 aliphatic heterocycles. The molecule has 0 saturated heterocycles. The van der Waals surface area contributed by atoms with Crippen LogP contribution in [0.3, 0.4) is 0 Å². The van der Waals surface area contributed by atoms with Gasteiger partial charge in [-0.05, 0) is 44.4 Å². The van der Waals surface area contributed by atoms with Gasteiger partial charge in [-0.3, -0.25) is 9.59 Å². The average Bonchev–Trinajstić information content (AvgIpc) is 3.20. The number of ether oxygens (including phenoxy) is 1. The van der Waals surface area contributed by atoms with Crippen molar-refractivity contribution in [1.29, 1.82) is 0 Å². The van der Waals surface area contributed by atoms with Crippen LogP contribution >= 0.6 is 0 Å². The number of hydrogen-bond donors (Lipinski definition) is 0. The fraction of sp³-hybridized carbons (Fsp3) is 0.474. The van der Waals surface area contributed by atoms with E-state index in [4.69, 9.17) is 4.74 Å². The minimum Gasteiger partial charge on any atom is -0.459 e. The number of rotatable bonds is 5. The number of alkyl halides is 1. The maximum absolute atomic E-state index is 13.5. The van der Waals surface area contributed by atoms with Gasteiger partial charge < -0.3 is 9.64 Å². The van der Waals surface area contributed by atoms with Gasteiger partial charge in [0.2, 0.25) is 0 Å². The Hall–Kier alpha value is -2.17. The second kappa shape index (κ2) is 6.75. The predicted octanol–water partition coefficient (Wildman–Crippen LogP) is 3.57. The molecule has 0 bridgehead atoms. The second-order valence-corrected chi connectivity index (χ2v) is 7.16. The van der Waals surface area contributed by atoms with E-state index in [2.05, 4.69) is 6.58 Å². The van der Waals surface area contributed by atoms with Crippen LogP contribution in [0.25, 0.3) is 6.08 Å². The number of carbonyl (C=O) groups is 2. The van der Waals surface area contributed by atoms with Crippen molar-refractivity contribution in [3.63, 3.8) is 0 Å². The largest absolute Gasteiger partial charge is 0.459 e. The van der Waals surface area contributed by atoms with E-state index in [1.54, 1.807) is 45.0 Å². The van der Waals surface area contributed by atoms with Crippen LogP contribution in [0.5, 0.6) is 0 Å². The molecule has 1 aromatic rings. The summed E-state index contributed by atoms with van der Waals surface area (Å²) in [6.07, 6.45) is 1.18. The van der Waals surface area contributed by atoms with E-state index in [0.717, 1.165) is 5.56 Å². The van der Waals surface area contributed by atoms with Gasteiger partial charge in [-0.25, -0.2) is 4.39 Å². The van der Waals surface area contributed by atoms with E-state index >= 15 is 0 Å². The number of benzene rings is 1. The molecule has 1 aromatic carbocycles. The van der Waals surface area contributed by atoms with Gasteiger partial charge in [0.15, 0.2) is 0 Å². The number of nitrogens with zero attached hydrogens (tertiary/aromatic N) is 1. The molecular formula is C19H24FNO3. The van der Waals surface area contributed by atoms with E-state index in [1.807, 2.05) is 0 Å². The Balaban J connectivity index is 2.17. The quantitative estimate of drug-likeness (QED) is 0.774. The van der Waals surface area contributed by atoms with E-state index in [-0.39, 0.29) is 18.4 Å². The molecule has 0 unspecified atom stereocenters.